The number of hydrogen-bond acceptors (Lipinski definition) is 3. The summed E-state index contributed by atoms with van der Waals surface area (Å²) in [6, 6.07) is 13.9. The zero-order valence-electron chi connectivity index (χ0n) is 11.5. The van der Waals surface area contributed by atoms with E-state index in [0.717, 1.165) is 5.56 Å². The number of allylic oxidation sites excluding steroid dienone is 1. The second-order valence-electron chi connectivity index (χ2n) is 5.15. The molecule has 0 amide bonds. The van der Waals surface area contributed by atoms with Gasteiger partial charge < -0.3 is 5.11 Å². The number of rotatable bonds is 2. The van der Waals surface area contributed by atoms with Gasteiger partial charge in [-0.2, -0.15) is 0 Å². The van der Waals surface area contributed by atoms with E-state index in [-0.39, 0.29) is 17.1 Å². The van der Waals surface area contributed by atoms with Crippen LogP contribution in [0.1, 0.15) is 37.9 Å². The lowest BCUT2D eigenvalue weighted by atomic mass is 9.85. The van der Waals surface area contributed by atoms with Gasteiger partial charge in [0.2, 0.25) is 0 Å². The number of benzene rings is 2. The lowest BCUT2D eigenvalue weighted by molar-refractivity contribution is 0.0947. The van der Waals surface area contributed by atoms with Crippen LogP contribution < -0.4 is 0 Å². The minimum Gasteiger partial charge on any atom is -0.384 e. The molecule has 0 spiro atoms. The van der Waals surface area contributed by atoms with Crippen LogP contribution >= 0.6 is 0 Å². The van der Waals surface area contributed by atoms with Gasteiger partial charge in [-0.1, -0.05) is 54.1 Å². The highest BCUT2D eigenvalue weighted by molar-refractivity contribution is 6.24. The lowest BCUT2D eigenvalue weighted by Crippen LogP contribution is -2.21. The first-order chi connectivity index (χ1) is 10.1. The van der Waals surface area contributed by atoms with Crippen LogP contribution in [0.3, 0.4) is 0 Å². The molecule has 21 heavy (non-hydrogen) atoms. The fourth-order valence-corrected chi connectivity index (χ4v) is 2.47. The van der Waals surface area contributed by atoms with Crippen molar-refractivity contribution in [1.82, 2.24) is 0 Å². The molecule has 3 rings (SSSR count). The number of ketones is 2. The molecule has 0 bridgehead atoms. The van der Waals surface area contributed by atoms with Crippen molar-refractivity contribution >= 4 is 11.6 Å². The van der Waals surface area contributed by atoms with E-state index in [1.54, 1.807) is 36.4 Å². The number of aryl methyl sites for hydroxylation is 1. The van der Waals surface area contributed by atoms with E-state index >= 15 is 0 Å². The number of carbonyl (C=O) groups is 2. The molecule has 1 N–H and O–H groups in total. The average Bonchev–Trinajstić information content (AvgIpc) is 2.51. The van der Waals surface area contributed by atoms with Crippen LogP contribution in [0.4, 0.5) is 0 Å². The fourth-order valence-electron chi connectivity index (χ4n) is 2.47. The molecule has 0 aliphatic heterocycles. The smallest absolute Gasteiger partial charge is 0.192 e. The summed E-state index contributed by atoms with van der Waals surface area (Å²) in [7, 11) is 0. The Morgan fingerprint density at radius 1 is 0.905 bits per heavy atom. The number of aliphatic hydroxyl groups excluding tert-OH is 1. The number of Topliss-reactive ketones (excluding diaryl/α,β-unsaturated/α-hetero) is 1. The summed E-state index contributed by atoms with van der Waals surface area (Å²) in [4.78, 5) is 24.6. The molecule has 0 saturated carbocycles. The second-order valence-corrected chi connectivity index (χ2v) is 5.15. The van der Waals surface area contributed by atoms with Crippen molar-refractivity contribution in [2.75, 3.05) is 0 Å². The zero-order valence-corrected chi connectivity index (χ0v) is 11.5. The molecule has 1 aliphatic rings. The topological polar surface area (TPSA) is 54.4 Å². The summed E-state index contributed by atoms with van der Waals surface area (Å²) in [5.74, 6) is -0.537. The maximum Gasteiger partial charge on any atom is 0.192 e. The van der Waals surface area contributed by atoms with Crippen molar-refractivity contribution in [3.63, 3.8) is 0 Å². The monoisotopic (exact) mass is 278 g/mol. The summed E-state index contributed by atoms with van der Waals surface area (Å²) >= 11 is 0. The Morgan fingerprint density at radius 2 is 1.52 bits per heavy atom. The molecule has 2 aromatic rings. The second kappa shape index (κ2) is 5.11. The Morgan fingerprint density at radius 3 is 2.19 bits per heavy atom. The van der Waals surface area contributed by atoms with Crippen molar-refractivity contribution in [3.05, 3.63) is 82.4 Å². The first kappa shape index (κ1) is 13.5. The standard InChI is InChI=1S/C18H14O3/c1-11-6-8-12(9-7-11)17(20)15-10-16(19)13-4-2-3-5-14(13)18(15)21/h2-10,17,20H,1H3. The van der Waals surface area contributed by atoms with Gasteiger partial charge in [0.15, 0.2) is 11.6 Å². The summed E-state index contributed by atoms with van der Waals surface area (Å²) in [5, 5.41) is 10.4. The van der Waals surface area contributed by atoms with Gasteiger partial charge in [-0.05, 0) is 18.6 Å². The van der Waals surface area contributed by atoms with E-state index in [9.17, 15) is 14.7 Å². The van der Waals surface area contributed by atoms with Crippen LogP contribution in [0.5, 0.6) is 0 Å². The van der Waals surface area contributed by atoms with Crippen LogP contribution in [-0.4, -0.2) is 16.7 Å². The van der Waals surface area contributed by atoms with Gasteiger partial charge >= 0.3 is 0 Å². The number of carbonyl (C=O) groups excluding carboxylic acids is 2. The lowest BCUT2D eigenvalue weighted by Gasteiger charge is -2.19. The Bertz CT molecular complexity index is 754. The normalized spacial score (nSPS) is 15.4. The number of hydrogen-bond donors (Lipinski definition) is 1. The quantitative estimate of drug-likeness (QED) is 0.918. The van der Waals surface area contributed by atoms with Crippen molar-refractivity contribution in [2.24, 2.45) is 0 Å². The van der Waals surface area contributed by atoms with Crippen molar-refractivity contribution < 1.29 is 14.7 Å². The van der Waals surface area contributed by atoms with Gasteiger partial charge in [0.1, 0.15) is 6.10 Å². The summed E-state index contributed by atoms with van der Waals surface area (Å²) < 4.78 is 0. The summed E-state index contributed by atoms with van der Waals surface area (Å²) in [5.41, 5.74) is 2.54. The third-order valence-corrected chi connectivity index (χ3v) is 3.67. The molecular formula is C18H14O3. The molecule has 0 heterocycles. The van der Waals surface area contributed by atoms with Gasteiger partial charge in [0.25, 0.3) is 0 Å². The van der Waals surface area contributed by atoms with Gasteiger partial charge in [0, 0.05) is 16.7 Å². The van der Waals surface area contributed by atoms with Crippen molar-refractivity contribution in [1.29, 1.82) is 0 Å². The highest BCUT2D eigenvalue weighted by atomic mass is 16.3. The number of fused-ring (bicyclic) bond motifs is 1. The third-order valence-electron chi connectivity index (χ3n) is 3.67. The average molecular weight is 278 g/mol. The zero-order chi connectivity index (χ0) is 15.0. The molecular weight excluding hydrogens is 264 g/mol. The Hall–Kier alpha value is -2.52. The molecule has 0 radical (unpaired) electrons. The van der Waals surface area contributed by atoms with Crippen LogP contribution in [0.25, 0.3) is 0 Å². The maximum atomic E-state index is 12.5. The largest absolute Gasteiger partial charge is 0.384 e. The Balaban J connectivity index is 2.02. The van der Waals surface area contributed by atoms with E-state index in [4.69, 9.17) is 0 Å². The Labute approximate surface area is 122 Å². The van der Waals surface area contributed by atoms with Crippen LogP contribution in [0, 0.1) is 6.92 Å². The molecule has 0 saturated heterocycles. The van der Waals surface area contributed by atoms with E-state index in [2.05, 4.69) is 0 Å². The molecule has 104 valence electrons. The highest BCUT2D eigenvalue weighted by Gasteiger charge is 2.29. The van der Waals surface area contributed by atoms with Crippen LogP contribution in [-0.2, 0) is 0 Å². The van der Waals surface area contributed by atoms with E-state index in [1.165, 1.54) is 6.08 Å². The number of aliphatic hydroxyl groups is 1. The van der Waals surface area contributed by atoms with E-state index in [0.29, 0.717) is 16.7 Å². The maximum absolute atomic E-state index is 12.5. The van der Waals surface area contributed by atoms with Crippen molar-refractivity contribution in [3.8, 4) is 0 Å². The molecule has 1 unspecified atom stereocenters. The predicted octanol–water partition coefficient (Wildman–Crippen LogP) is 3.03. The molecule has 1 atom stereocenters. The van der Waals surface area contributed by atoms with Crippen molar-refractivity contribution in [2.45, 2.75) is 13.0 Å². The summed E-state index contributed by atoms with van der Waals surface area (Å²) in [6.07, 6.45) is 0.158. The molecule has 3 nitrogen and oxygen atoms in total. The Kier molecular flexibility index (Phi) is 3.28. The first-order valence-corrected chi connectivity index (χ1v) is 6.72. The van der Waals surface area contributed by atoms with Crippen LogP contribution in [0.2, 0.25) is 0 Å². The highest BCUT2D eigenvalue weighted by Crippen LogP contribution is 2.30. The first-order valence-electron chi connectivity index (χ1n) is 6.72. The third kappa shape index (κ3) is 2.32. The SMILES string of the molecule is Cc1ccc(C(O)C2=CC(=O)c3ccccc3C2=O)cc1. The minimum absolute atomic E-state index is 0.127. The molecule has 1 aliphatic carbocycles. The fraction of sp³-hybridized carbons (Fsp3) is 0.111. The van der Waals surface area contributed by atoms with Gasteiger partial charge in [-0.25, -0.2) is 0 Å². The molecule has 2 aromatic carbocycles. The summed E-state index contributed by atoms with van der Waals surface area (Å²) in [6.45, 7) is 1.95. The van der Waals surface area contributed by atoms with E-state index < -0.39 is 6.10 Å². The molecule has 0 aromatic heterocycles. The molecule has 0 fully saturated rings. The minimum atomic E-state index is -1.09. The van der Waals surface area contributed by atoms with Gasteiger partial charge in [0.05, 0.1) is 0 Å². The van der Waals surface area contributed by atoms with Gasteiger partial charge in [-0.3, -0.25) is 9.59 Å². The predicted molar refractivity (Wildman–Crippen MR) is 79.3 cm³/mol. The van der Waals surface area contributed by atoms with E-state index in [1.807, 2.05) is 19.1 Å². The van der Waals surface area contributed by atoms with Crippen LogP contribution in [0.15, 0.2) is 60.2 Å². The molecule has 3 heteroatoms. The van der Waals surface area contributed by atoms with Gasteiger partial charge in [-0.15, -0.1) is 0 Å².